The fourth-order valence-electron chi connectivity index (χ4n) is 1.84. The lowest BCUT2D eigenvalue weighted by molar-refractivity contribution is -0.118. The van der Waals surface area contributed by atoms with Crippen LogP contribution in [0.3, 0.4) is 0 Å². The van der Waals surface area contributed by atoms with Crippen LogP contribution in [0.5, 0.6) is 5.75 Å². The number of amides is 1. The molecule has 110 valence electrons. The Hall–Kier alpha value is -2.00. The van der Waals surface area contributed by atoms with E-state index in [1.54, 1.807) is 24.3 Å². The van der Waals surface area contributed by atoms with Crippen molar-refractivity contribution in [1.29, 1.82) is 0 Å². The Morgan fingerprint density at radius 1 is 1.19 bits per heavy atom. The maximum atomic E-state index is 11.8. The summed E-state index contributed by atoms with van der Waals surface area (Å²) in [6, 6.07) is 14.7. The van der Waals surface area contributed by atoms with E-state index in [9.17, 15) is 4.79 Å². The van der Waals surface area contributed by atoms with Crippen molar-refractivity contribution in [3.05, 3.63) is 59.1 Å². The van der Waals surface area contributed by atoms with Crippen LogP contribution in [-0.2, 0) is 4.79 Å². The van der Waals surface area contributed by atoms with Crippen molar-refractivity contribution in [2.75, 3.05) is 11.9 Å². The lowest BCUT2D eigenvalue weighted by Gasteiger charge is -2.10. The van der Waals surface area contributed by atoms with Crippen LogP contribution in [0.4, 0.5) is 5.69 Å². The van der Waals surface area contributed by atoms with Gasteiger partial charge in [-0.25, -0.2) is 0 Å². The lowest BCUT2D eigenvalue weighted by atomic mass is 10.0. The number of nitrogens with one attached hydrogen (secondary N) is 1. The molecule has 0 heterocycles. The summed E-state index contributed by atoms with van der Waals surface area (Å²) < 4.78 is 5.52. The summed E-state index contributed by atoms with van der Waals surface area (Å²) >= 11 is 5.79. The normalized spacial score (nSPS) is 10.5. The van der Waals surface area contributed by atoms with E-state index in [0.717, 1.165) is 0 Å². The second-order valence-electron chi connectivity index (χ2n) is 5.07. The number of hydrogen-bond donors (Lipinski definition) is 1. The molecule has 0 unspecified atom stereocenters. The molecule has 0 spiro atoms. The molecule has 21 heavy (non-hydrogen) atoms. The quantitative estimate of drug-likeness (QED) is 0.884. The van der Waals surface area contributed by atoms with Gasteiger partial charge in [0, 0.05) is 10.7 Å². The second-order valence-corrected chi connectivity index (χ2v) is 5.51. The summed E-state index contributed by atoms with van der Waals surface area (Å²) in [5.74, 6) is 0.927. The third kappa shape index (κ3) is 4.80. The Balaban J connectivity index is 1.89. The minimum Gasteiger partial charge on any atom is -0.484 e. The number of rotatable bonds is 5. The van der Waals surface area contributed by atoms with Crippen LogP contribution in [0.1, 0.15) is 25.3 Å². The Morgan fingerprint density at radius 3 is 2.57 bits per heavy atom. The Kier molecular flexibility index (Phi) is 5.23. The highest BCUT2D eigenvalue weighted by molar-refractivity contribution is 6.30. The zero-order valence-electron chi connectivity index (χ0n) is 12.1. The first-order valence-electron chi connectivity index (χ1n) is 6.83. The van der Waals surface area contributed by atoms with E-state index in [-0.39, 0.29) is 12.5 Å². The third-order valence-corrected chi connectivity index (χ3v) is 3.27. The molecule has 0 radical (unpaired) electrons. The molecule has 3 nitrogen and oxygen atoms in total. The monoisotopic (exact) mass is 303 g/mol. The summed E-state index contributed by atoms with van der Waals surface area (Å²) in [5, 5.41) is 3.39. The summed E-state index contributed by atoms with van der Waals surface area (Å²) in [7, 11) is 0. The van der Waals surface area contributed by atoms with Crippen molar-refractivity contribution in [2.45, 2.75) is 19.8 Å². The Bertz CT molecular complexity index is 608. The van der Waals surface area contributed by atoms with Crippen LogP contribution >= 0.6 is 11.6 Å². The number of carbonyl (C=O) groups is 1. The lowest BCUT2D eigenvalue weighted by Crippen LogP contribution is -2.20. The van der Waals surface area contributed by atoms with Crippen LogP contribution in [0, 0.1) is 0 Å². The highest BCUT2D eigenvalue weighted by Crippen LogP contribution is 2.20. The van der Waals surface area contributed by atoms with Gasteiger partial charge in [-0.1, -0.05) is 37.6 Å². The maximum Gasteiger partial charge on any atom is 0.262 e. The SMILES string of the molecule is CC(C)c1cccc(OCC(=O)Nc2ccc(Cl)cc2)c1. The molecule has 1 amide bonds. The highest BCUT2D eigenvalue weighted by atomic mass is 35.5. The highest BCUT2D eigenvalue weighted by Gasteiger charge is 2.05. The molecule has 0 atom stereocenters. The molecule has 2 aromatic rings. The molecule has 1 N–H and O–H groups in total. The molecular weight excluding hydrogens is 286 g/mol. The number of ether oxygens (including phenoxy) is 1. The first-order chi connectivity index (χ1) is 10.0. The molecule has 0 saturated carbocycles. The molecule has 0 bridgehead atoms. The zero-order chi connectivity index (χ0) is 15.2. The number of halogens is 1. The van der Waals surface area contributed by atoms with Gasteiger partial charge in [0.1, 0.15) is 5.75 Å². The average Bonchev–Trinajstić information content (AvgIpc) is 2.48. The molecule has 4 heteroatoms. The van der Waals surface area contributed by atoms with E-state index < -0.39 is 0 Å². The van der Waals surface area contributed by atoms with Crippen molar-refractivity contribution in [1.82, 2.24) is 0 Å². The minimum atomic E-state index is -0.202. The van der Waals surface area contributed by atoms with E-state index in [4.69, 9.17) is 16.3 Å². The van der Waals surface area contributed by atoms with Gasteiger partial charge in [0.2, 0.25) is 0 Å². The molecular formula is C17H18ClNO2. The predicted molar refractivity (Wildman–Crippen MR) is 86.1 cm³/mol. The smallest absolute Gasteiger partial charge is 0.262 e. The maximum absolute atomic E-state index is 11.8. The van der Waals surface area contributed by atoms with Crippen LogP contribution in [0.15, 0.2) is 48.5 Å². The first kappa shape index (κ1) is 15.4. The number of benzene rings is 2. The fourth-order valence-corrected chi connectivity index (χ4v) is 1.97. The van der Waals surface area contributed by atoms with Gasteiger partial charge in [0.25, 0.3) is 5.91 Å². The van der Waals surface area contributed by atoms with Crippen molar-refractivity contribution in [3.63, 3.8) is 0 Å². The van der Waals surface area contributed by atoms with E-state index in [0.29, 0.717) is 22.4 Å². The predicted octanol–water partition coefficient (Wildman–Crippen LogP) is 4.48. The van der Waals surface area contributed by atoms with Crippen molar-refractivity contribution < 1.29 is 9.53 Å². The molecule has 0 aliphatic rings. The van der Waals surface area contributed by atoms with Crippen molar-refractivity contribution in [3.8, 4) is 5.75 Å². The molecule has 0 aliphatic heterocycles. The largest absolute Gasteiger partial charge is 0.484 e. The van der Waals surface area contributed by atoms with Crippen LogP contribution < -0.4 is 10.1 Å². The molecule has 2 rings (SSSR count). The van der Waals surface area contributed by atoms with Crippen LogP contribution in [0.2, 0.25) is 5.02 Å². The Morgan fingerprint density at radius 2 is 1.90 bits per heavy atom. The number of hydrogen-bond acceptors (Lipinski definition) is 2. The van der Waals surface area contributed by atoms with Gasteiger partial charge in [-0.2, -0.15) is 0 Å². The van der Waals surface area contributed by atoms with Gasteiger partial charge in [0.15, 0.2) is 6.61 Å². The molecule has 2 aromatic carbocycles. The van der Waals surface area contributed by atoms with Gasteiger partial charge in [-0.3, -0.25) is 4.79 Å². The van der Waals surface area contributed by atoms with E-state index in [2.05, 4.69) is 19.2 Å². The molecule has 0 fully saturated rings. The van der Waals surface area contributed by atoms with Gasteiger partial charge in [-0.05, 0) is 47.9 Å². The van der Waals surface area contributed by atoms with Gasteiger partial charge < -0.3 is 10.1 Å². The fraction of sp³-hybridized carbons (Fsp3) is 0.235. The van der Waals surface area contributed by atoms with E-state index in [1.807, 2.05) is 24.3 Å². The van der Waals surface area contributed by atoms with Crippen molar-refractivity contribution >= 4 is 23.2 Å². The first-order valence-corrected chi connectivity index (χ1v) is 7.20. The third-order valence-electron chi connectivity index (χ3n) is 3.02. The van der Waals surface area contributed by atoms with Crippen LogP contribution in [-0.4, -0.2) is 12.5 Å². The summed E-state index contributed by atoms with van der Waals surface area (Å²) in [6.45, 7) is 4.21. The molecule has 0 aromatic heterocycles. The van der Waals surface area contributed by atoms with E-state index in [1.165, 1.54) is 5.56 Å². The van der Waals surface area contributed by atoms with Crippen LogP contribution in [0.25, 0.3) is 0 Å². The average molecular weight is 304 g/mol. The zero-order valence-corrected chi connectivity index (χ0v) is 12.9. The van der Waals surface area contributed by atoms with Gasteiger partial charge >= 0.3 is 0 Å². The minimum absolute atomic E-state index is 0.0236. The van der Waals surface area contributed by atoms with Crippen molar-refractivity contribution in [2.24, 2.45) is 0 Å². The van der Waals surface area contributed by atoms with Gasteiger partial charge in [0.05, 0.1) is 0 Å². The molecule has 0 aliphatic carbocycles. The number of carbonyl (C=O) groups excluding carboxylic acids is 1. The standard InChI is InChI=1S/C17H18ClNO2/c1-12(2)13-4-3-5-16(10-13)21-11-17(20)19-15-8-6-14(18)7-9-15/h3-10,12H,11H2,1-2H3,(H,19,20). The topological polar surface area (TPSA) is 38.3 Å². The second kappa shape index (κ2) is 7.14. The summed E-state index contributed by atoms with van der Waals surface area (Å²) in [4.78, 5) is 11.8. The summed E-state index contributed by atoms with van der Waals surface area (Å²) in [5.41, 5.74) is 1.88. The number of anilines is 1. The van der Waals surface area contributed by atoms with Gasteiger partial charge in [-0.15, -0.1) is 0 Å². The Labute approximate surface area is 129 Å². The summed E-state index contributed by atoms with van der Waals surface area (Å²) in [6.07, 6.45) is 0. The van der Waals surface area contributed by atoms with E-state index >= 15 is 0 Å². The molecule has 0 saturated heterocycles.